The lowest BCUT2D eigenvalue weighted by Gasteiger charge is -2.19. The second kappa shape index (κ2) is 6.59. The van der Waals surface area contributed by atoms with Gasteiger partial charge in [0.05, 0.1) is 6.54 Å². The zero-order valence-electron chi connectivity index (χ0n) is 11.5. The lowest BCUT2D eigenvalue weighted by atomic mass is 10.2. The Morgan fingerprint density at radius 1 is 1.24 bits per heavy atom. The molecule has 1 rings (SSSR count). The molecule has 0 aliphatic carbocycles. The van der Waals surface area contributed by atoms with Crippen molar-refractivity contribution < 1.29 is 4.42 Å². The van der Waals surface area contributed by atoms with E-state index in [4.69, 9.17) is 4.42 Å². The van der Waals surface area contributed by atoms with Gasteiger partial charge < -0.3 is 14.6 Å². The average Bonchev–Trinajstić information content (AvgIpc) is 2.71. The molecule has 0 atom stereocenters. The van der Waals surface area contributed by atoms with Crippen molar-refractivity contribution in [3.63, 3.8) is 0 Å². The van der Waals surface area contributed by atoms with Gasteiger partial charge in [-0.25, -0.2) is 0 Å². The van der Waals surface area contributed by atoms with Gasteiger partial charge in [-0.05, 0) is 12.8 Å². The molecule has 0 radical (unpaired) electrons. The first-order valence-corrected chi connectivity index (χ1v) is 6.33. The fourth-order valence-electron chi connectivity index (χ4n) is 1.52. The maximum absolute atomic E-state index is 5.63. The summed E-state index contributed by atoms with van der Waals surface area (Å²) in [6.45, 7) is 13.1. The molecule has 0 bridgehead atoms. The minimum atomic E-state index is 0.420. The molecule has 1 heterocycles. The molecule has 98 valence electrons. The molecule has 0 aliphatic rings. The van der Waals surface area contributed by atoms with E-state index in [1.54, 1.807) is 0 Å². The Kier molecular flexibility index (Phi) is 5.41. The number of nitrogens with zero attached hydrogens (tertiary/aromatic N) is 3. The Bertz CT molecular complexity index is 322. The van der Waals surface area contributed by atoms with Gasteiger partial charge in [-0.3, -0.25) is 0 Å². The van der Waals surface area contributed by atoms with Gasteiger partial charge >= 0.3 is 6.01 Å². The second-order valence-electron chi connectivity index (χ2n) is 4.95. The van der Waals surface area contributed by atoms with E-state index < -0.39 is 0 Å². The van der Waals surface area contributed by atoms with Crippen molar-refractivity contribution in [1.82, 2.24) is 15.5 Å². The summed E-state index contributed by atoms with van der Waals surface area (Å²) in [5, 5.41) is 11.4. The van der Waals surface area contributed by atoms with E-state index in [0.29, 0.717) is 30.4 Å². The van der Waals surface area contributed by atoms with Crippen LogP contribution < -0.4 is 10.2 Å². The Morgan fingerprint density at radius 3 is 2.47 bits per heavy atom. The minimum Gasteiger partial charge on any atom is -0.407 e. The highest BCUT2D eigenvalue weighted by molar-refractivity contribution is 5.23. The van der Waals surface area contributed by atoms with E-state index in [1.807, 2.05) is 0 Å². The van der Waals surface area contributed by atoms with Gasteiger partial charge in [0.1, 0.15) is 0 Å². The monoisotopic (exact) mass is 240 g/mol. The zero-order valence-corrected chi connectivity index (χ0v) is 11.5. The molecule has 5 heteroatoms. The van der Waals surface area contributed by atoms with Gasteiger partial charge in [-0.2, -0.15) is 0 Å². The molecule has 1 aromatic rings. The first-order valence-electron chi connectivity index (χ1n) is 6.33. The molecule has 1 N–H and O–H groups in total. The molecular weight excluding hydrogens is 216 g/mol. The van der Waals surface area contributed by atoms with Gasteiger partial charge in [0, 0.05) is 19.1 Å². The van der Waals surface area contributed by atoms with Crippen molar-refractivity contribution in [2.45, 2.75) is 47.2 Å². The van der Waals surface area contributed by atoms with Crippen molar-refractivity contribution in [2.75, 3.05) is 18.0 Å². The number of hydrogen-bond acceptors (Lipinski definition) is 5. The highest BCUT2D eigenvalue weighted by Gasteiger charge is 2.14. The normalized spacial score (nSPS) is 11.5. The third-order valence-corrected chi connectivity index (χ3v) is 2.36. The Balaban J connectivity index is 2.58. The first-order chi connectivity index (χ1) is 8.02. The summed E-state index contributed by atoms with van der Waals surface area (Å²) in [6, 6.07) is 1.05. The predicted molar refractivity (Wildman–Crippen MR) is 69.0 cm³/mol. The molecule has 0 amide bonds. The summed E-state index contributed by atoms with van der Waals surface area (Å²) in [5.74, 6) is 1.23. The Labute approximate surface area is 104 Å². The highest BCUT2D eigenvalue weighted by atomic mass is 16.4. The van der Waals surface area contributed by atoms with Crippen LogP contribution in [0, 0.1) is 5.92 Å². The smallest absolute Gasteiger partial charge is 0.318 e. The van der Waals surface area contributed by atoms with Crippen molar-refractivity contribution in [3.8, 4) is 0 Å². The van der Waals surface area contributed by atoms with Crippen LogP contribution in [0.4, 0.5) is 6.01 Å². The molecule has 0 saturated heterocycles. The maximum atomic E-state index is 5.63. The first kappa shape index (κ1) is 14.0. The third kappa shape index (κ3) is 4.73. The summed E-state index contributed by atoms with van der Waals surface area (Å²) in [6.07, 6.45) is 0. The lowest BCUT2D eigenvalue weighted by Crippen LogP contribution is -2.27. The van der Waals surface area contributed by atoms with Crippen molar-refractivity contribution in [1.29, 1.82) is 0 Å². The minimum absolute atomic E-state index is 0.420. The molecule has 0 spiro atoms. The SMILES string of the molecule is CCN(CC(C)C)c1nnc(CNC(C)C)o1. The van der Waals surface area contributed by atoms with Crippen LogP contribution in [0.1, 0.15) is 40.5 Å². The summed E-state index contributed by atoms with van der Waals surface area (Å²) < 4.78 is 5.63. The van der Waals surface area contributed by atoms with Crippen LogP contribution in [0.25, 0.3) is 0 Å². The summed E-state index contributed by atoms with van der Waals surface area (Å²) in [7, 11) is 0. The van der Waals surface area contributed by atoms with E-state index in [0.717, 1.165) is 13.1 Å². The van der Waals surface area contributed by atoms with Crippen molar-refractivity contribution >= 4 is 6.01 Å². The van der Waals surface area contributed by atoms with Gasteiger partial charge in [0.25, 0.3) is 0 Å². The largest absolute Gasteiger partial charge is 0.407 e. The molecular formula is C12H24N4O. The zero-order chi connectivity index (χ0) is 12.8. The van der Waals surface area contributed by atoms with E-state index >= 15 is 0 Å². The predicted octanol–water partition coefficient (Wildman–Crippen LogP) is 2.05. The molecule has 17 heavy (non-hydrogen) atoms. The highest BCUT2D eigenvalue weighted by Crippen LogP contribution is 2.13. The van der Waals surface area contributed by atoms with Crippen LogP contribution in [0.5, 0.6) is 0 Å². The number of nitrogens with one attached hydrogen (secondary N) is 1. The fourth-order valence-corrected chi connectivity index (χ4v) is 1.52. The summed E-state index contributed by atoms with van der Waals surface area (Å²) in [4.78, 5) is 2.11. The molecule has 0 saturated carbocycles. The van der Waals surface area contributed by atoms with Crippen molar-refractivity contribution in [2.24, 2.45) is 5.92 Å². The van der Waals surface area contributed by atoms with Crippen LogP contribution in [0.15, 0.2) is 4.42 Å². The van der Waals surface area contributed by atoms with Gasteiger partial charge in [0.2, 0.25) is 5.89 Å². The average molecular weight is 240 g/mol. The van der Waals surface area contributed by atoms with E-state index in [-0.39, 0.29) is 0 Å². The van der Waals surface area contributed by atoms with Crippen LogP contribution in [-0.4, -0.2) is 29.3 Å². The van der Waals surface area contributed by atoms with Crippen LogP contribution >= 0.6 is 0 Å². The number of aromatic nitrogens is 2. The molecule has 0 unspecified atom stereocenters. The molecule has 0 aliphatic heterocycles. The number of anilines is 1. The van der Waals surface area contributed by atoms with E-state index in [9.17, 15) is 0 Å². The summed E-state index contributed by atoms with van der Waals surface area (Å²) in [5.41, 5.74) is 0. The maximum Gasteiger partial charge on any atom is 0.318 e. The van der Waals surface area contributed by atoms with Gasteiger partial charge in [-0.15, -0.1) is 5.10 Å². The van der Waals surface area contributed by atoms with Crippen LogP contribution in [0.2, 0.25) is 0 Å². The molecule has 1 aromatic heterocycles. The second-order valence-corrected chi connectivity index (χ2v) is 4.95. The molecule has 5 nitrogen and oxygen atoms in total. The standard InChI is InChI=1S/C12H24N4O/c1-6-16(8-9(2)3)12-15-14-11(17-12)7-13-10(4)5/h9-10,13H,6-8H2,1-5H3. The summed E-state index contributed by atoms with van der Waals surface area (Å²) >= 11 is 0. The van der Waals surface area contributed by atoms with Crippen molar-refractivity contribution in [3.05, 3.63) is 5.89 Å². The van der Waals surface area contributed by atoms with Crippen LogP contribution in [-0.2, 0) is 6.54 Å². The third-order valence-electron chi connectivity index (χ3n) is 2.36. The topological polar surface area (TPSA) is 54.2 Å². The van der Waals surface area contributed by atoms with E-state index in [2.05, 4.69) is 55.0 Å². The number of hydrogen-bond donors (Lipinski definition) is 1. The quantitative estimate of drug-likeness (QED) is 0.790. The Morgan fingerprint density at radius 2 is 1.94 bits per heavy atom. The molecule has 0 aromatic carbocycles. The van der Waals surface area contributed by atoms with Crippen LogP contribution in [0.3, 0.4) is 0 Å². The lowest BCUT2D eigenvalue weighted by molar-refractivity contribution is 0.441. The van der Waals surface area contributed by atoms with E-state index in [1.165, 1.54) is 0 Å². The van der Waals surface area contributed by atoms with Gasteiger partial charge in [0.15, 0.2) is 0 Å². The number of rotatable bonds is 7. The fraction of sp³-hybridized carbons (Fsp3) is 0.833. The van der Waals surface area contributed by atoms with Gasteiger partial charge in [-0.1, -0.05) is 32.8 Å². The molecule has 0 fully saturated rings. The Hall–Kier alpha value is -1.10.